The smallest absolute Gasteiger partial charge is 0.261 e. The van der Waals surface area contributed by atoms with Gasteiger partial charge in [-0.15, -0.1) is 0 Å². The monoisotopic (exact) mass is 207 g/mol. The fourth-order valence-electron chi connectivity index (χ4n) is 1.96. The lowest BCUT2D eigenvalue weighted by atomic mass is 9.91. The molecule has 0 aliphatic heterocycles. The Bertz CT molecular complexity index is 464. The normalized spacial score (nSPS) is 19.7. The summed E-state index contributed by atoms with van der Waals surface area (Å²) in [6.07, 6.45) is 2.63. The number of carbonyl (C=O) groups excluding carboxylic acids is 1. The largest absolute Gasteiger partial charge is 0.365 e. The van der Waals surface area contributed by atoms with Crippen molar-refractivity contribution in [1.82, 2.24) is 4.98 Å². The van der Waals surface area contributed by atoms with Gasteiger partial charge in [-0.25, -0.2) is 0 Å². The summed E-state index contributed by atoms with van der Waals surface area (Å²) in [6, 6.07) is 1.42. The quantitative estimate of drug-likeness (QED) is 0.594. The Morgan fingerprint density at radius 2 is 2.27 bits per heavy atom. The SMILES string of the molecule is NC(=O)c1cc2c([nH]c1=O)CCC[C@H]2N. The lowest BCUT2D eigenvalue weighted by Gasteiger charge is -2.21. The number of nitrogens with one attached hydrogen (secondary N) is 1. The first kappa shape index (κ1) is 9.92. The molecule has 0 saturated heterocycles. The van der Waals surface area contributed by atoms with Crippen LogP contribution in [0.25, 0.3) is 0 Å². The predicted molar refractivity (Wildman–Crippen MR) is 55.4 cm³/mol. The average Bonchev–Trinajstić information content (AvgIpc) is 2.16. The van der Waals surface area contributed by atoms with Crippen molar-refractivity contribution in [3.8, 4) is 0 Å². The van der Waals surface area contributed by atoms with Crippen LogP contribution in [0.4, 0.5) is 0 Å². The van der Waals surface area contributed by atoms with Gasteiger partial charge in [0.15, 0.2) is 0 Å². The Morgan fingerprint density at radius 3 is 2.93 bits per heavy atom. The van der Waals surface area contributed by atoms with Gasteiger partial charge in [0.05, 0.1) is 0 Å². The zero-order valence-electron chi connectivity index (χ0n) is 8.25. The highest BCUT2D eigenvalue weighted by Gasteiger charge is 2.20. The van der Waals surface area contributed by atoms with Crippen LogP contribution >= 0.6 is 0 Å². The predicted octanol–water partition coefficient (Wildman–Crippen LogP) is -0.190. The molecule has 0 radical (unpaired) electrons. The number of pyridine rings is 1. The van der Waals surface area contributed by atoms with E-state index >= 15 is 0 Å². The van der Waals surface area contributed by atoms with Crippen LogP contribution in [-0.2, 0) is 6.42 Å². The molecule has 5 nitrogen and oxygen atoms in total. The maximum Gasteiger partial charge on any atom is 0.261 e. The molecule has 0 aromatic carbocycles. The Hall–Kier alpha value is -1.62. The molecule has 0 saturated carbocycles. The second kappa shape index (κ2) is 3.51. The maximum absolute atomic E-state index is 11.4. The second-order valence-electron chi connectivity index (χ2n) is 3.81. The highest BCUT2D eigenvalue weighted by atomic mass is 16.2. The van der Waals surface area contributed by atoms with E-state index < -0.39 is 11.5 Å². The van der Waals surface area contributed by atoms with Crippen molar-refractivity contribution in [2.75, 3.05) is 0 Å². The van der Waals surface area contributed by atoms with E-state index in [-0.39, 0.29) is 11.6 Å². The number of aryl methyl sites for hydroxylation is 1. The number of H-pyrrole nitrogens is 1. The Kier molecular flexibility index (Phi) is 2.32. The van der Waals surface area contributed by atoms with Gasteiger partial charge in [-0.2, -0.15) is 0 Å². The van der Waals surface area contributed by atoms with E-state index in [0.29, 0.717) is 0 Å². The summed E-state index contributed by atoms with van der Waals surface area (Å²) in [4.78, 5) is 25.1. The van der Waals surface area contributed by atoms with Gasteiger partial charge in [-0.3, -0.25) is 9.59 Å². The Morgan fingerprint density at radius 1 is 1.53 bits per heavy atom. The van der Waals surface area contributed by atoms with E-state index in [4.69, 9.17) is 11.5 Å². The van der Waals surface area contributed by atoms with Crippen molar-refractivity contribution >= 4 is 5.91 Å². The standard InChI is InChI=1S/C10H13N3O2/c11-7-2-1-3-8-5(7)4-6(9(12)14)10(15)13-8/h4,7H,1-3,11H2,(H2,12,14)(H,13,15)/t7-/m1/s1. The van der Waals surface area contributed by atoms with Gasteiger partial charge in [0.1, 0.15) is 5.56 Å². The van der Waals surface area contributed by atoms with Crippen molar-refractivity contribution < 1.29 is 4.79 Å². The van der Waals surface area contributed by atoms with Crippen molar-refractivity contribution in [2.45, 2.75) is 25.3 Å². The van der Waals surface area contributed by atoms with Gasteiger partial charge in [0.2, 0.25) is 0 Å². The summed E-state index contributed by atoms with van der Waals surface area (Å²) in [5.74, 6) is -0.711. The van der Waals surface area contributed by atoms with E-state index in [1.807, 2.05) is 0 Å². The molecule has 0 bridgehead atoms. The van der Waals surface area contributed by atoms with Gasteiger partial charge in [-0.1, -0.05) is 0 Å². The van der Waals surface area contributed by atoms with Crippen LogP contribution in [0.1, 0.15) is 40.5 Å². The van der Waals surface area contributed by atoms with Crippen LogP contribution < -0.4 is 17.0 Å². The number of fused-ring (bicyclic) bond motifs is 1. The van der Waals surface area contributed by atoms with Gasteiger partial charge < -0.3 is 16.5 Å². The number of aromatic amines is 1. The highest BCUT2D eigenvalue weighted by Crippen LogP contribution is 2.25. The highest BCUT2D eigenvalue weighted by molar-refractivity contribution is 5.92. The van der Waals surface area contributed by atoms with Crippen molar-refractivity contribution in [1.29, 1.82) is 0 Å². The molecule has 1 amide bonds. The number of hydrogen-bond acceptors (Lipinski definition) is 3. The summed E-state index contributed by atoms with van der Waals surface area (Å²) in [5, 5.41) is 0. The number of primary amides is 1. The summed E-state index contributed by atoms with van der Waals surface area (Å²) in [6.45, 7) is 0. The van der Waals surface area contributed by atoms with Crippen molar-refractivity contribution in [2.24, 2.45) is 11.5 Å². The van der Waals surface area contributed by atoms with Crippen LogP contribution in [0, 0.1) is 0 Å². The minimum absolute atomic E-state index is 0.00824. The first-order valence-corrected chi connectivity index (χ1v) is 4.91. The first-order chi connectivity index (χ1) is 7.09. The summed E-state index contributed by atoms with van der Waals surface area (Å²) < 4.78 is 0. The summed E-state index contributed by atoms with van der Waals surface area (Å²) in [7, 11) is 0. The van der Waals surface area contributed by atoms with Crippen LogP contribution in [-0.4, -0.2) is 10.9 Å². The molecular weight excluding hydrogens is 194 g/mol. The molecule has 1 aliphatic carbocycles. The minimum atomic E-state index is -0.711. The van der Waals surface area contributed by atoms with Crippen LogP contribution in [0.5, 0.6) is 0 Å². The maximum atomic E-state index is 11.4. The lowest BCUT2D eigenvalue weighted by Crippen LogP contribution is -2.28. The van der Waals surface area contributed by atoms with Crippen molar-refractivity contribution in [3.05, 3.63) is 33.2 Å². The fraction of sp³-hybridized carbons (Fsp3) is 0.400. The van der Waals surface area contributed by atoms with Gasteiger partial charge in [0, 0.05) is 11.7 Å². The molecule has 1 aliphatic rings. The Labute approximate surface area is 86.5 Å². The third kappa shape index (κ3) is 1.66. The molecule has 1 atom stereocenters. The van der Waals surface area contributed by atoms with Gasteiger partial charge >= 0.3 is 0 Å². The average molecular weight is 207 g/mol. The molecule has 0 spiro atoms. The van der Waals surface area contributed by atoms with E-state index in [1.165, 1.54) is 6.07 Å². The van der Waals surface area contributed by atoms with Crippen LogP contribution in [0.3, 0.4) is 0 Å². The zero-order chi connectivity index (χ0) is 11.0. The molecule has 5 heteroatoms. The van der Waals surface area contributed by atoms with E-state index in [9.17, 15) is 9.59 Å². The van der Waals surface area contributed by atoms with Crippen molar-refractivity contribution in [3.63, 3.8) is 0 Å². The summed E-state index contributed by atoms with van der Waals surface area (Å²) >= 11 is 0. The Balaban J connectivity index is 2.60. The molecule has 80 valence electrons. The van der Waals surface area contributed by atoms with E-state index in [0.717, 1.165) is 30.5 Å². The molecule has 1 aromatic rings. The molecule has 0 unspecified atom stereocenters. The fourth-order valence-corrected chi connectivity index (χ4v) is 1.96. The third-order valence-corrected chi connectivity index (χ3v) is 2.76. The number of hydrogen-bond donors (Lipinski definition) is 3. The summed E-state index contributed by atoms with van der Waals surface area (Å²) in [5.41, 5.74) is 12.2. The lowest BCUT2D eigenvalue weighted by molar-refractivity contribution is 0.0998. The molecule has 2 rings (SSSR count). The number of amides is 1. The number of carbonyl (C=O) groups is 1. The van der Waals surface area contributed by atoms with Gasteiger partial charge in [0.25, 0.3) is 11.5 Å². The topological polar surface area (TPSA) is 102 Å². The zero-order valence-corrected chi connectivity index (χ0v) is 8.25. The number of aromatic nitrogens is 1. The molecular formula is C10H13N3O2. The molecule has 1 heterocycles. The first-order valence-electron chi connectivity index (χ1n) is 4.91. The third-order valence-electron chi connectivity index (χ3n) is 2.76. The second-order valence-corrected chi connectivity index (χ2v) is 3.81. The number of nitrogens with two attached hydrogens (primary N) is 2. The molecule has 0 fully saturated rings. The van der Waals surface area contributed by atoms with Crippen LogP contribution in [0.15, 0.2) is 10.9 Å². The molecule has 1 aromatic heterocycles. The molecule has 15 heavy (non-hydrogen) atoms. The van der Waals surface area contributed by atoms with E-state index in [2.05, 4.69) is 4.98 Å². The minimum Gasteiger partial charge on any atom is -0.365 e. The number of rotatable bonds is 1. The molecule has 5 N–H and O–H groups in total. The van der Waals surface area contributed by atoms with E-state index in [1.54, 1.807) is 0 Å². The van der Waals surface area contributed by atoms with Gasteiger partial charge in [-0.05, 0) is 30.9 Å². The van der Waals surface area contributed by atoms with Crippen LogP contribution in [0.2, 0.25) is 0 Å².